The van der Waals surface area contributed by atoms with Crippen LogP contribution in [-0.4, -0.2) is 27.6 Å². The molecule has 3 rings (SSSR count). The Bertz CT molecular complexity index is 791. The van der Waals surface area contributed by atoms with E-state index in [1.165, 1.54) is 4.88 Å². The van der Waals surface area contributed by atoms with Crippen molar-refractivity contribution in [3.63, 3.8) is 0 Å². The molecule has 0 spiro atoms. The highest BCUT2D eigenvalue weighted by atomic mass is 32.1. The number of hydrogen-bond acceptors (Lipinski definition) is 6. The Kier molecular flexibility index (Phi) is 3.76. The highest BCUT2D eigenvalue weighted by Gasteiger charge is 2.35. The van der Waals surface area contributed by atoms with E-state index in [0.29, 0.717) is 10.2 Å². The first-order valence-corrected chi connectivity index (χ1v) is 8.36. The number of esters is 1. The minimum absolute atomic E-state index is 0.248. The maximum absolute atomic E-state index is 12.9. The summed E-state index contributed by atoms with van der Waals surface area (Å²) in [6.07, 6.45) is 4.13. The summed E-state index contributed by atoms with van der Waals surface area (Å²) in [6, 6.07) is 0. The van der Waals surface area contributed by atoms with Gasteiger partial charge in [0.25, 0.3) is 5.56 Å². The van der Waals surface area contributed by atoms with Crippen molar-refractivity contribution in [1.82, 2.24) is 15.0 Å². The number of rotatable bonds is 3. The molecule has 2 aromatic rings. The molecule has 0 N–H and O–H groups in total. The molecule has 1 aliphatic rings. The summed E-state index contributed by atoms with van der Waals surface area (Å²) in [5, 5.41) is 8.80. The molecule has 2 heterocycles. The summed E-state index contributed by atoms with van der Waals surface area (Å²) in [4.78, 5) is 26.9. The first-order chi connectivity index (χ1) is 10.5. The Morgan fingerprint density at radius 1 is 1.36 bits per heavy atom. The predicted molar refractivity (Wildman–Crippen MR) is 84.3 cm³/mol. The van der Waals surface area contributed by atoms with E-state index >= 15 is 0 Å². The van der Waals surface area contributed by atoms with Gasteiger partial charge in [-0.25, -0.2) is 4.79 Å². The smallest absolute Gasteiger partial charge is 0.333 e. The van der Waals surface area contributed by atoms with Gasteiger partial charge in [-0.2, -0.15) is 4.68 Å². The fourth-order valence-electron chi connectivity index (χ4n) is 2.83. The normalized spacial score (nSPS) is 14.9. The van der Waals surface area contributed by atoms with Gasteiger partial charge in [0.2, 0.25) is 0 Å². The molecular weight excluding hydrogens is 302 g/mol. The molecule has 0 fully saturated rings. The molecule has 0 bridgehead atoms. The zero-order valence-electron chi connectivity index (χ0n) is 13.0. The zero-order chi connectivity index (χ0) is 15.9. The maximum atomic E-state index is 12.9. The number of aromatic nitrogens is 3. The van der Waals surface area contributed by atoms with Crippen LogP contribution in [0.5, 0.6) is 0 Å². The summed E-state index contributed by atoms with van der Waals surface area (Å²) in [7, 11) is 0. The van der Waals surface area contributed by atoms with Gasteiger partial charge in [0.1, 0.15) is 0 Å². The molecule has 0 saturated carbocycles. The number of thiophene rings is 1. The van der Waals surface area contributed by atoms with Crippen molar-refractivity contribution in [2.45, 2.75) is 52.0 Å². The van der Waals surface area contributed by atoms with E-state index in [2.05, 4.69) is 10.3 Å². The third kappa shape index (κ3) is 2.24. The van der Waals surface area contributed by atoms with Crippen LogP contribution in [0.1, 0.15) is 44.1 Å². The van der Waals surface area contributed by atoms with Gasteiger partial charge in [-0.1, -0.05) is 5.21 Å². The first kappa shape index (κ1) is 15.1. The highest BCUT2D eigenvalue weighted by molar-refractivity contribution is 7.18. The lowest BCUT2D eigenvalue weighted by atomic mass is 9.97. The van der Waals surface area contributed by atoms with Crippen LogP contribution in [0.3, 0.4) is 0 Å². The summed E-state index contributed by atoms with van der Waals surface area (Å²) < 4.78 is 6.22. The zero-order valence-corrected chi connectivity index (χ0v) is 13.8. The molecule has 7 heteroatoms. The van der Waals surface area contributed by atoms with Gasteiger partial charge in [0.05, 0.1) is 12.0 Å². The van der Waals surface area contributed by atoms with Gasteiger partial charge in [-0.15, -0.1) is 16.4 Å². The van der Waals surface area contributed by atoms with Crippen molar-refractivity contribution < 1.29 is 9.53 Å². The van der Waals surface area contributed by atoms with E-state index in [0.717, 1.165) is 35.9 Å². The molecule has 118 valence electrons. The van der Waals surface area contributed by atoms with Gasteiger partial charge < -0.3 is 4.74 Å². The second kappa shape index (κ2) is 5.46. The van der Waals surface area contributed by atoms with Gasteiger partial charge in [0, 0.05) is 4.88 Å². The van der Waals surface area contributed by atoms with Gasteiger partial charge in [-0.3, -0.25) is 4.79 Å². The summed E-state index contributed by atoms with van der Waals surface area (Å²) in [6.45, 7) is 5.26. The lowest BCUT2D eigenvalue weighted by Gasteiger charge is -2.22. The quantitative estimate of drug-likeness (QED) is 0.809. The minimum atomic E-state index is -1.17. The molecule has 0 unspecified atom stereocenters. The summed E-state index contributed by atoms with van der Waals surface area (Å²) in [5.74, 6) is -0.477. The lowest BCUT2D eigenvalue weighted by Crippen LogP contribution is -2.45. The Labute approximate surface area is 132 Å². The van der Waals surface area contributed by atoms with Crippen LogP contribution in [0.4, 0.5) is 0 Å². The molecule has 2 aromatic heterocycles. The van der Waals surface area contributed by atoms with E-state index in [1.54, 1.807) is 32.1 Å². The molecule has 6 nitrogen and oxygen atoms in total. The first-order valence-electron chi connectivity index (χ1n) is 7.54. The third-order valence-electron chi connectivity index (χ3n) is 4.09. The minimum Gasteiger partial charge on any atom is -0.464 e. The number of hydrogen-bond donors (Lipinski definition) is 0. The molecule has 22 heavy (non-hydrogen) atoms. The second-order valence-electron chi connectivity index (χ2n) is 5.98. The number of nitrogens with zero attached hydrogens (tertiary/aromatic N) is 3. The molecule has 1 aliphatic carbocycles. The van der Waals surface area contributed by atoms with Gasteiger partial charge in [-0.05, 0) is 52.0 Å². The number of carbonyl (C=O) groups excluding carboxylic acids is 1. The van der Waals surface area contributed by atoms with Crippen molar-refractivity contribution in [3.8, 4) is 0 Å². The van der Waals surface area contributed by atoms with Crippen LogP contribution in [0.2, 0.25) is 0 Å². The second-order valence-corrected chi connectivity index (χ2v) is 7.06. The largest absolute Gasteiger partial charge is 0.464 e. The van der Waals surface area contributed by atoms with Crippen LogP contribution in [0.25, 0.3) is 10.2 Å². The molecular formula is C15H19N3O3S. The maximum Gasteiger partial charge on any atom is 0.333 e. The molecule has 0 amide bonds. The molecule has 0 aliphatic heterocycles. The molecule has 0 radical (unpaired) electrons. The lowest BCUT2D eigenvalue weighted by molar-refractivity contribution is -0.152. The third-order valence-corrected chi connectivity index (χ3v) is 5.26. The summed E-state index contributed by atoms with van der Waals surface area (Å²) in [5.41, 5.74) is -0.320. The van der Waals surface area contributed by atoms with Crippen molar-refractivity contribution in [2.24, 2.45) is 0 Å². The Balaban J connectivity index is 2.18. The fraction of sp³-hybridized carbons (Fsp3) is 0.600. The van der Waals surface area contributed by atoms with Crippen molar-refractivity contribution in [2.75, 3.05) is 6.61 Å². The van der Waals surface area contributed by atoms with Crippen molar-refractivity contribution in [3.05, 3.63) is 20.8 Å². The van der Waals surface area contributed by atoms with Crippen LogP contribution < -0.4 is 5.56 Å². The summed E-state index contributed by atoms with van der Waals surface area (Å²) >= 11 is 1.55. The Hall–Kier alpha value is -1.76. The van der Waals surface area contributed by atoms with E-state index in [9.17, 15) is 9.59 Å². The van der Waals surface area contributed by atoms with Crippen molar-refractivity contribution >= 4 is 27.5 Å². The molecule has 0 aromatic carbocycles. The number of carbonyl (C=O) groups is 1. The number of ether oxygens (including phenoxy) is 1. The SMILES string of the molecule is CCOC(=O)C(C)(C)n1nnc2sc3c(c2c1=O)CCCC3. The van der Waals surface area contributed by atoms with Crippen molar-refractivity contribution in [1.29, 1.82) is 0 Å². The standard InChI is InChI=1S/C15H19N3O3S/c1-4-21-14(20)15(2,3)18-13(19)11-9-7-5-6-8-10(9)22-12(11)16-17-18/h4-8H2,1-3H3. The van der Waals surface area contributed by atoms with Crippen LogP contribution >= 0.6 is 11.3 Å². The topological polar surface area (TPSA) is 74.1 Å². The van der Waals surface area contributed by atoms with Crippen LogP contribution in [-0.2, 0) is 27.9 Å². The average Bonchev–Trinajstić information content (AvgIpc) is 2.86. The monoisotopic (exact) mass is 321 g/mol. The Morgan fingerprint density at radius 2 is 2.09 bits per heavy atom. The van der Waals surface area contributed by atoms with Gasteiger partial charge >= 0.3 is 5.97 Å². The van der Waals surface area contributed by atoms with E-state index in [1.807, 2.05) is 0 Å². The fourth-order valence-corrected chi connectivity index (χ4v) is 4.03. The average molecular weight is 321 g/mol. The van der Waals surface area contributed by atoms with Crippen LogP contribution in [0, 0.1) is 0 Å². The van der Waals surface area contributed by atoms with Crippen LogP contribution in [0.15, 0.2) is 4.79 Å². The molecule has 0 saturated heterocycles. The Morgan fingerprint density at radius 3 is 2.82 bits per heavy atom. The van der Waals surface area contributed by atoms with E-state index in [4.69, 9.17) is 4.74 Å². The van der Waals surface area contributed by atoms with E-state index < -0.39 is 11.5 Å². The number of fused-ring (bicyclic) bond motifs is 3. The highest BCUT2D eigenvalue weighted by Crippen LogP contribution is 2.33. The molecule has 0 atom stereocenters. The number of aryl methyl sites for hydroxylation is 2. The van der Waals surface area contributed by atoms with Gasteiger partial charge in [0.15, 0.2) is 10.4 Å². The van der Waals surface area contributed by atoms with E-state index in [-0.39, 0.29) is 12.2 Å². The predicted octanol–water partition coefficient (Wildman–Crippen LogP) is 2.03.